The van der Waals surface area contributed by atoms with Crippen LogP contribution in [0.3, 0.4) is 0 Å². The Morgan fingerprint density at radius 1 is 1.07 bits per heavy atom. The number of aromatic nitrogens is 2. The molecule has 0 unspecified atom stereocenters. The van der Waals surface area contributed by atoms with Crippen molar-refractivity contribution in [1.29, 1.82) is 0 Å². The van der Waals surface area contributed by atoms with Crippen LogP contribution in [0, 0.1) is 6.92 Å². The number of pyridine rings is 1. The van der Waals surface area contributed by atoms with Crippen molar-refractivity contribution in [2.24, 2.45) is 0 Å². The molecule has 27 heavy (non-hydrogen) atoms. The maximum atomic E-state index is 5.38. The number of methoxy groups -OCH3 is 1. The lowest BCUT2D eigenvalue weighted by Gasteiger charge is -2.21. The maximum absolute atomic E-state index is 5.38. The number of aromatic amines is 1. The van der Waals surface area contributed by atoms with Gasteiger partial charge in [0, 0.05) is 55.2 Å². The molecule has 1 aliphatic heterocycles. The number of aryl methyl sites for hydroxylation is 1. The smallest absolute Gasteiger partial charge is 0.119 e. The molecule has 4 rings (SSSR count). The van der Waals surface area contributed by atoms with E-state index in [-0.39, 0.29) is 0 Å². The Hall–Kier alpha value is -2.37. The number of ether oxygens (including phenoxy) is 1. The summed E-state index contributed by atoms with van der Waals surface area (Å²) in [6.45, 7) is 8.66. The largest absolute Gasteiger partial charge is 0.497 e. The Morgan fingerprint density at radius 2 is 1.89 bits per heavy atom. The Balaban J connectivity index is 1.41. The summed E-state index contributed by atoms with van der Waals surface area (Å²) in [4.78, 5) is 13.0. The first kappa shape index (κ1) is 18.0. The van der Waals surface area contributed by atoms with Crippen molar-refractivity contribution in [3.8, 4) is 5.75 Å². The molecular formula is C22H28N4O. The molecule has 142 valence electrons. The van der Waals surface area contributed by atoms with Crippen molar-refractivity contribution < 1.29 is 4.74 Å². The number of hydrogen-bond acceptors (Lipinski definition) is 4. The van der Waals surface area contributed by atoms with Crippen LogP contribution >= 0.6 is 0 Å². The molecule has 5 heteroatoms. The van der Waals surface area contributed by atoms with Gasteiger partial charge in [0.1, 0.15) is 5.75 Å². The summed E-state index contributed by atoms with van der Waals surface area (Å²) in [5.74, 6) is 0.914. The molecule has 5 nitrogen and oxygen atoms in total. The average Bonchev–Trinajstić information content (AvgIpc) is 2.86. The molecule has 3 heterocycles. The van der Waals surface area contributed by atoms with E-state index in [0.717, 1.165) is 45.0 Å². The number of rotatable bonds is 5. The third kappa shape index (κ3) is 4.15. The number of nitrogens with one attached hydrogen (secondary N) is 1. The Bertz CT molecular complexity index is 890. The first-order valence-corrected chi connectivity index (χ1v) is 9.72. The fourth-order valence-electron chi connectivity index (χ4n) is 3.96. The number of benzene rings is 1. The normalized spacial score (nSPS) is 16.5. The Morgan fingerprint density at radius 3 is 2.63 bits per heavy atom. The Kier molecular flexibility index (Phi) is 5.41. The van der Waals surface area contributed by atoms with Crippen LogP contribution in [-0.2, 0) is 13.1 Å². The van der Waals surface area contributed by atoms with E-state index in [2.05, 4.69) is 44.9 Å². The highest BCUT2D eigenvalue weighted by Gasteiger charge is 2.17. The van der Waals surface area contributed by atoms with E-state index >= 15 is 0 Å². The van der Waals surface area contributed by atoms with Gasteiger partial charge in [-0.2, -0.15) is 0 Å². The summed E-state index contributed by atoms with van der Waals surface area (Å²) in [5, 5.41) is 1.26. The summed E-state index contributed by atoms with van der Waals surface area (Å²) in [5.41, 5.74) is 5.14. The minimum Gasteiger partial charge on any atom is -0.497 e. The van der Waals surface area contributed by atoms with E-state index in [1.54, 1.807) is 7.11 Å². The Labute approximate surface area is 161 Å². The van der Waals surface area contributed by atoms with Gasteiger partial charge in [-0.25, -0.2) is 0 Å². The number of hydrogen-bond donors (Lipinski definition) is 1. The predicted octanol–water partition coefficient (Wildman–Crippen LogP) is 3.59. The first-order valence-electron chi connectivity index (χ1n) is 9.72. The molecule has 1 aliphatic rings. The second-order valence-corrected chi connectivity index (χ2v) is 7.41. The van der Waals surface area contributed by atoms with Crippen molar-refractivity contribution in [3.63, 3.8) is 0 Å². The maximum Gasteiger partial charge on any atom is 0.119 e. The molecule has 0 spiro atoms. The van der Waals surface area contributed by atoms with Gasteiger partial charge in [0.25, 0.3) is 0 Å². The van der Waals surface area contributed by atoms with Crippen LogP contribution < -0.4 is 4.74 Å². The third-order valence-corrected chi connectivity index (χ3v) is 5.56. The highest BCUT2D eigenvalue weighted by atomic mass is 16.5. The molecule has 0 saturated carbocycles. The van der Waals surface area contributed by atoms with E-state index in [0.29, 0.717) is 0 Å². The quantitative estimate of drug-likeness (QED) is 0.751. The van der Waals surface area contributed by atoms with Gasteiger partial charge in [0.15, 0.2) is 0 Å². The van der Waals surface area contributed by atoms with E-state index in [4.69, 9.17) is 4.74 Å². The van der Waals surface area contributed by atoms with Crippen molar-refractivity contribution >= 4 is 10.9 Å². The highest BCUT2D eigenvalue weighted by molar-refractivity contribution is 5.85. The van der Waals surface area contributed by atoms with Crippen LogP contribution in [0.5, 0.6) is 5.75 Å². The van der Waals surface area contributed by atoms with Crippen molar-refractivity contribution in [2.45, 2.75) is 26.4 Å². The standard InChI is InChI=1S/C22H28N4O/c1-17-20-13-19(27-2)6-7-21(20)24-22(17)16-26-10-4-9-25(11-12-26)15-18-5-3-8-23-14-18/h3,5-8,13-14,24H,4,9-12,15-16H2,1-2H3. The van der Waals surface area contributed by atoms with E-state index < -0.39 is 0 Å². The fraction of sp³-hybridized carbons (Fsp3) is 0.409. The van der Waals surface area contributed by atoms with Crippen LogP contribution in [0.15, 0.2) is 42.7 Å². The van der Waals surface area contributed by atoms with E-state index in [1.165, 1.54) is 34.1 Å². The fourth-order valence-corrected chi connectivity index (χ4v) is 3.96. The summed E-state index contributed by atoms with van der Waals surface area (Å²) < 4.78 is 5.38. The summed E-state index contributed by atoms with van der Waals surface area (Å²) >= 11 is 0. The molecule has 1 saturated heterocycles. The van der Waals surface area contributed by atoms with E-state index in [9.17, 15) is 0 Å². The zero-order valence-electron chi connectivity index (χ0n) is 16.2. The van der Waals surface area contributed by atoms with Crippen LogP contribution in [0.4, 0.5) is 0 Å². The molecule has 0 radical (unpaired) electrons. The summed E-state index contributed by atoms with van der Waals surface area (Å²) in [6, 6.07) is 10.4. The average molecular weight is 364 g/mol. The minimum absolute atomic E-state index is 0.914. The SMILES string of the molecule is COc1ccc2[nH]c(CN3CCCN(Cc4cccnc4)CC3)c(C)c2c1. The molecule has 0 atom stereocenters. The zero-order valence-corrected chi connectivity index (χ0v) is 16.2. The topological polar surface area (TPSA) is 44.4 Å². The van der Waals surface area contributed by atoms with Gasteiger partial charge >= 0.3 is 0 Å². The second kappa shape index (κ2) is 8.11. The third-order valence-electron chi connectivity index (χ3n) is 5.56. The first-order chi connectivity index (χ1) is 13.2. The molecule has 2 aromatic heterocycles. The lowest BCUT2D eigenvalue weighted by atomic mass is 10.1. The number of nitrogens with zero attached hydrogens (tertiary/aromatic N) is 3. The van der Waals surface area contributed by atoms with Gasteiger partial charge in [0.2, 0.25) is 0 Å². The van der Waals surface area contributed by atoms with Crippen molar-refractivity contribution in [1.82, 2.24) is 19.8 Å². The molecule has 1 N–H and O–H groups in total. The minimum atomic E-state index is 0.914. The van der Waals surface area contributed by atoms with Gasteiger partial charge < -0.3 is 9.72 Å². The molecule has 1 fully saturated rings. The van der Waals surface area contributed by atoms with Crippen LogP contribution in [0.2, 0.25) is 0 Å². The number of fused-ring (bicyclic) bond motifs is 1. The van der Waals surface area contributed by atoms with Crippen LogP contribution in [0.1, 0.15) is 23.2 Å². The van der Waals surface area contributed by atoms with Gasteiger partial charge in [-0.1, -0.05) is 6.07 Å². The van der Waals surface area contributed by atoms with Gasteiger partial charge in [-0.3, -0.25) is 14.8 Å². The van der Waals surface area contributed by atoms with E-state index in [1.807, 2.05) is 24.5 Å². The molecule has 1 aromatic carbocycles. The van der Waals surface area contributed by atoms with Gasteiger partial charge in [0.05, 0.1) is 7.11 Å². The van der Waals surface area contributed by atoms with Gasteiger partial charge in [-0.15, -0.1) is 0 Å². The second-order valence-electron chi connectivity index (χ2n) is 7.41. The molecular weight excluding hydrogens is 336 g/mol. The van der Waals surface area contributed by atoms with Crippen LogP contribution in [0.25, 0.3) is 10.9 Å². The zero-order chi connectivity index (χ0) is 18.6. The monoisotopic (exact) mass is 364 g/mol. The lowest BCUT2D eigenvalue weighted by molar-refractivity contribution is 0.245. The van der Waals surface area contributed by atoms with Crippen molar-refractivity contribution in [2.75, 3.05) is 33.3 Å². The van der Waals surface area contributed by atoms with Gasteiger partial charge in [-0.05, 0) is 61.8 Å². The summed E-state index contributed by atoms with van der Waals surface area (Å²) in [7, 11) is 1.72. The molecule has 0 bridgehead atoms. The lowest BCUT2D eigenvalue weighted by Crippen LogP contribution is -2.30. The molecule has 0 aliphatic carbocycles. The number of H-pyrrole nitrogens is 1. The molecule has 0 amide bonds. The highest BCUT2D eigenvalue weighted by Crippen LogP contribution is 2.27. The molecule has 3 aromatic rings. The van der Waals surface area contributed by atoms with Crippen molar-refractivity contribution in [3.05, 3.63) is 59.5 Å². The van der Waals surface area contributed by atoms with Crippen LogP contribution in [-0.4, -0.2) is 53.1 Å². The summed E-state index contributed by atoms with van der Waals surface area (Å²) in [6.07, 6.45) is 5.02. The predicted molar refractivity (Wildman–Crippen MR) is 109 cm³/mol.